The summed E-state index contributed by atoms with van der Waals surface area (Å²) in [6.45, 7) is 1.93. The highest BCUT2D eigenvalue weighted by Crippen LogP contribution is 2.17. The van der Waals surface area contributed by atoms with E-state index in [1.54, 1.807) is 31.5 Å². The normalized spacial score (nSPS) is 10.2. The third-order valence-corrected chi connectivity index (χ3v) is 2.85. The molecule has 98 valence electrons. The zero-order chi connectivity index (χ0) is 13.8. The largest absolute Gasteiger partial charge is 0.398 e. The van der Waals surface area contributed by atoms with Crippen LogP contribution in [-0.4, -0.2) is 10.9 Å². The van der Waals surface area contributed by atoms with Crippen molar-refractivity contribution in [2.24, 2.45) is 0 Å². The molecule has 0 unspecified atom stereocenters. The van der Waals surface area contributed by atoms with Crippen LogP contribution in [0.3, 0.4) is 0 Å². The summed E-state index contributed by atoms with van der Waals surface area (Å²) in [6, 6.07) is 6.25. The minimum Gasteiger partial charge on any atom is -0.398 e. The van der Waals surface area contributed by atoms with Crippen molar-refractivity contribution in [1.29, 1.82) is 0 Å². The summed E-state index contributed by atoms with van der Waals surface area (Å²) < 4.78 is 13.5. The van der Waals surface area contributed by atoms with Crippen molar-refractivity contribution in [3.05, 3.63) is 59.2 Å². The van der Waals surface area contributed by atoms with Crippen LogP contribution in [0.2, 0.25) is 0 Å². The molecule has 2 aromatic rings. The highest BCUT2D eigenvalue weighted by Gasteiger charge is 2.10. The van der Waals surface area contributed by atoms with E-state index in [4.69, 9.17) is 5.73 Å². The first-order valence-electron chi connectivity index (χ1n) is 5.80. The van der Waals surface area contributed by atoms with Crippen LogP contribution in [0.15, 0.2) is 36.7 Å². The fraction of sp³-hybridized carbons (Fsp3) is 0.143. The van der Waals surface area contributed by atoms with Gasteiger partial charge < -0.3 is 11.1 Å². The van der Waals surface area contributed by atoms with Gasteiger partial charge in [-0.05, 0) is 36.8 Å². The molecule has 0 atom stereocenters. The second-order valence-corrected chi connectivity index (χ2v) is 4.21. The number of pyridine rings is 1. The summed E-state index contributed by atoms with van der Waals surface area (Å²) in [5.74, 6) is -0.837. The number of anilines is 1. The van der Waals surface area contributed by atoms with E-state index < -0.39 is 5.82 Å². The van der Waals surface area contributed by atoms with Crippen LogP contribution >= 0.6 is 0 Å². The van der Waals surface area contributed by atoms with Crippen molar-refractivity contribution < 1.29 is 9.18 Å². The van der Waals surface area contributed by atoms with Gasteiger partial charge in [0.2, 0.25) is 0 Å². The maximum Gasteiger partial charge on any atom is 0.251 e. The van der Waals surface area contributed by atoms with Crippen molar-refractivity contribution in [3.8, 4) is 0 Å². The molecule has 5 heteroatoms. The van der Waals surface area contributed by atoms with E-state index in [1.165, 1.54) is 12.1 Å². The Morgan fingerprint density at radius 3 is 2.68 bits per heavy atom. The summed E-state index contributed by atoms with van der Waals surface area (Å²) in [4.78, 5) is 15.8. The lowest BCUT2D eigenvalue weighted by molar-refractivity contribution is 0.0950. The smallest absolute Gasteiger partial charge is 0.251 e. The first-order chi connectivity index (χ1) is 9.08. The van der Waals surface area contributed by atoms with Gasteiger partial charge in [-0.3, -0.25) is 9.78 Å². The molecule has 3 N–H and O–H groups in total. The van der Waals surface area contributed by atoms with Crippen molar-refractivity contribution in [3.63, 3.8) is 0 Å². The van der Waals surface area contributed by atoms with Crippen LogP contribution in [0.1, 0.15) is 21.5 Å². The first kappa shape index (κ1) is 13.0. The van der Waals surface area contributed by atoms with E-state index in [0.717, 1.165) is 5.56 Å². The number of carbonyl (C=O) groups excluding carboxylic acids is 1. The lowest BCUT2D eigenvalue weighted by Gasteiger charge is -2.08. The van der Waals surface area contributed by atoms with Crippen molar-refractivity contribution in [2.45, 2.75) is 13.5 Å². The average Bonchev–Trinajstić information content (AvgIpc) is 2.42. The van der Waals surface area contributed by atoms with E-state index in [9.17, 15) is 9.18 Å². The highest BCUT2D eigenvalue weighted by atomic mass is 19.1. The van der Waals surface area contributed by atoms with Gasteiger partial charge in [-0.15, -0.1) is 0 Å². The van der Waals surface area contributed by atoms with Crippen LogP contribution in [0.25, 0.3) is 0 Å². The monoisotopic (exact) mass is 259 g/mol. The fourth-order valence-electron chi connectivity index (χ4n) is 1.62. The van der Waals surface area contributed by atoms with Crippen LogP contribution in [0.5, 0.6) is 0 Å². The number of hydrogen-bond acceptors (Lipinski definition) is 3. The molecule has 1 aromatic heterocycles. The molecule has 4 nitrogen and oxygen atoms in total. The summed E-state index contributed by atoms with van der Waals surface area (Å²) in [5.41, 5.74) is 7.40. The molecule has 0 saturated heterocycles. The molecule has 1 amide bonds. The number of carbonyl (C=O) groups is 1. The highest BCUT2D eigenvalue weighted by molar-refractivity contribution is 5.95. The summed E-state index contributed by atoms with van der Waals surface area (Å²) in [6.07, 6.45) is 3.29. The van der Waals surface area contributed by atoms with Crippen LogP contribution < -0.4 is 11.1 Å². The SMILES string of the molecule is Cc1c(N)cc(C(=O)NCc2ccncc2)cc1F. The van der Waals surface area contributed by atoms with Gasteiger partial charge >= 0.3 is 0 Å². The number of nitrogens with two attached hydrogens (primary N) is 1. The Hall–Kier alpha value is -2.43. The number of aromatic nitrogens is 1. The molecule has 19 heavy (non-hydrogen) atoms. The minimum absolute atomic E-state index is 0.217. The van der Waals surface area contributed by atoms with Crippen LogP contribution in [0, 0.1) is 12.7 Å². The standard InChI is InChI=1S/C14H14FN3O/c1-9-12(15)6-11(7-13(9)16)14(19)18-8-10-2-4-17-5-3-10/h2-7H,8,16H2,1H3,(H,18,19). The average molecular weight is 259 g/mol. The quantitative estimate of drug-likeness (QED) is 0.829. The number of halogens is 1. The Balaban J connectivity index is 2.08. The summed E-state index contributed by atoms with van der Waals surface area (Å²) in [5, 5.41) is 2.70. The number of amides is 1. The van der Waals surface area contributed by atoms with E-state index in [-0.39, 0.29) is 17.2 Å². The molecule has 0 aliphatic rings. The Labute approximate surface area is 110 Å². The van der Waals surface area contributed by atoms with Gasteiger partial charge in [-0.25, -0.2) is 4.39 Å². The lowest BCUT2D eigenvalue weighted by Crippen LogP contribution is -2.23. The third-order valence-electron chi connectivity index (χ3n) is 2.85. The van der Waals surface area contributed by atoms with Gasteiger partial charge in [0.05, 0.1) is 0 Å². The number of rotatable bonds is 3. The number of benzene rings is 1. The molecule has 0 aliphatic carbocycles. The molecular weight excluding hydrogens is 245 g/mol. The van der Waals surface area contributed by atoms with Crippen molar-refractivity contribution in [2.75, 3.05) is 5.73 Å². The maximum absolute atomic E-state index is 13.5. The molecule has 0 spiro atoms. The number of nitrogens with zero attached hydrogens (tertiary/aromatic N) is 1. The number of nitrogen functional groups attached to an aromatic ring is 1. The molecule has 0 saturated carbocycles. The topological polar surface area (TPSA) is 68.0 Å². The van der Waals surface area contributed by atoms with Crippen LogP contribution in [0.4, 0.5) is 10.1 Å². The van der Waals surface area contributed by atoms with Gasteiger partial charge in [-0.2, -0.15) is 0 Å². The molecule has 1 heterocycles. The Bertz CT molecular complexity index is 576. The second kappa shape index (κ2) is 5.48. The first-order valence-corrected chi connectivity index (χ1v) is 5.80. The van der Waals surface area contributed by atoms with Gasteiger partial charge in [0, 0.05) is 35.8 Å². The predicted octanol–water partition coefficient (Wildman–Crippen LogP) is 2.04. The van der Waals surface area contributed by atoms with E-state index in [2.05, 4.69) is 10.3 Å². The Kier molecular flexibility index (Phi) is 3.75. The molecule has 0 bridgehead atoms. The lowest BCUT2D eigenvalue weighted by atomic mass is 10.1. The molecule has 0 aliphatic heterocycles. The molecule has 0 radical (unpaired) electrons. The predicted molar refractivity (Wildman–Crippen MR) is 71.0 cm³/mol. The minimum atomic E-state index is -0.478. The molecule has 0 fully saturated rings. The van der Waals surface area contributed by atoms with Gasteiger partial charge in [0.15, 0.2) is 0 Å². The summed E-state index contributed by atoms with van der Waals surface area (Å²) >= 11 is 0. The molecular formula is C14H14FN3O. The van der Waals surface area contributed by atoms with E-state index >= 15 is 0 Å². The van der Waals surface area contributed by atoms with E-state index in [1.807, 2.05) is 0 Å². The zero-order valence-corrected chi connectivity index (χ0v) is 10.5. The van der Waals surface area contributed by atoms with Crippen molar-refractivity contribution in [1.82, 2.24) is 10.3 Å². The number of hydrogen-bond donors (Lipinski definition) is 2. The third kappa shape index (κ3) is 3.07. The maximum atomic E-state index is 13.5. The van der Waals surface area contributed by atoms with Gasteiger partial charge in [0.25, 0.3) is 5.91 Å². The second-order valence-electron chi connectivity index (χ2n) is 4.21. The van der Waals surface area contributed by atoms with Crippen molar-refractivity contribution >= 4 is 11.6 Å². The van der Waals surface area contributed by atoms with Crippen LogP contribution in [-0.2, 0) is 6.54 Å². The Morgan fingerprint density at radius 1 is 1.37 bits per heavy atom. The molecule has 2 rings (SSSR count). The van der Waals surface area contributed by atoms with E-state index in [0.29, 0.717) is 12.1 Å². The summed E-state index contributed by atoms with van der Waals surface area (Å²) in [7, 11) is 0. The van der Waals surface area contributed by atoms with Gasteiger partial charge in [-0.1, -0.05) is 0 Å². The number of nitrogens with one attached hydrogen (secondary N) is 1. The Morgan fingerprint density at radius 2 is 2.05 bits per heavy atom. The van der Waals surface area contributed by atoms with Gasteiger partial charge in [0.1, 0.15) is 5.82 Å². The zero-order valence-electron chi connectivity index (χ0n) is 10.5. The fourth-order valence-corrected chi connectivity index (χ4v) is 1.62. The molecule has 1 aromatic carbocycles.